The molecule has 142 valence electrons. The number of benzene rings is 1. The Hall–Kier alpha value is -1.54. The van der Waals surface area contributed by atoms with Crippen molar-refractivity contribution in [2.45, 2.75) is 50.8 Å². The maximum atomic E-state index is 10.3. The number of allylic oxidation sites excluding steroid dienone is 2. The average molecular weight is 362 g/mol. The van der Waals surface area contributed by atoms with Crippen LogP contribution in [0.25, 0.3) is 0 Å². The van der Waals surface area contributed by atoms with Crippen LogP contribution in [0.5, 0.6) is 0 Å². The molecule has 2 heterocycles. The summed E-state index contributed by atoms with van der Waals surface area (Å²) in [5.74, 6) is 0. The SMILES string of the molecule is C/C=C\C(=C/C)C1OC2COC(c3ccccc3)OC2C(C(O)CO)O1. The van der Waals surface area contributed by atoms with Gasteiger partial charge >= 0.3 is 0 Å². The van der Waals surface area contributed by atoms with E-state index in [2.05, 4.69) is 0 Å². The summed E-state index contributed by atoms with van der Waals surface area (Å²) < 4.78 is 23.9. The number of ether oxygens (including phenoxy) is 4. The summed E-state index contributed by atoms with van der Waals surface area (Å²) in [5, 5.41) is 19.8. The fourth-order valence-corrected chi connectivity index (χ4v) is 3.22. The molecule has 0 aromatic heterocycles. The van der Waals surface area contributed by atoms with Gasteiger partial charge in [0.15, 0.2) is 12.6 Å². The Kier molecular flexibility index (Phi) is 6.58. The smallest absolute Gasteiger partial charge is 0.184 e. The second-order valence-electron chi connectivity index (χ2n) is 6.32. The molecule has 0 saturated carbocycles. The zero-order valence-electron chi connectivity index (χ0n) is 15.0. The van der Waals surface area contributed by atoms with Crippen LogP contribution in [0.3, 0.4) is 0 Å². The van der Waals surface area contributed by atoms with Gasteiger partial charge in [-0.25, -0.2) is 0 Å². The van der Waals surface area contributed by atoms with E-state index in [1.165, 1.54) is 0 Å². The second-order valence-corrected chi connectivity index (χ2v) is 6.32. The number of rotatable bonds is 5. The lowest BCUT2D eigenvalue weighted by Crippen LogP contribution is -2.60. The van der Waals surface area contributed by atoms with Crippen LogP contribution >= 0.6 is 0 Å². The highest BCUT2D eigenvalue weighted by atomic mass is 16.8. The van der Waals surface area contributed by atoms with Crippen LogP contribution < -0.4 is 0 Å². The van der Waals surface area contributed by atoms with E-state index in [4.69, 9.17) is 18.9 Å². The molecule has 0 radical (unpaired) electrons. The van der Waals surface area contributed by atoms with E-state index in [9.17, 15) is 10.2 Å². The van der Waals surface area contributed by atoms with Crippen molar-refractivity contribution in [2.24, 2.45) is 0 Å². The lowest BCUT2D eigenvalue weighted by atomic mass is 9.99. The van der Waals surface area contributed by atoms with Crippen LogP contribution in [0.1, 0.15) is 25.7 Å². The predicted molar refractivity (Wildman–Crippen MR) is 95.2 cm³/mol. The molecule has 6 heteroatoms. The second kappa shape index (κ2) is 8.90. The standard InChI is InChI=1S/C20H26O6/c1-3-8-13(4-2)20-24-16-12-23-19(14-9-6-5-7-10-14)26-18(16)17(25-20)15(22)11-21/h3-10,15-22H,11-12H2,1-2H3/b8-3-,13-4+. The summed E-state index contributed by atoms with van der Waals surface area (Å²) in [5.41, 5.74) is 1.72. The van der Waals surface area contributed by atoms with Crippen molar-refractivity contribution in [3.8, 4) is 0 Å². The number of hydrogen-bond donors (Lipinski definition) is 2. The Balaban J connectivity index is 1.81. The van der Waals surface area contributed by atoms with Gasteiger partial charge in [-0.1, -0.05) is 48.6 Å². The van der Waals surface area contributed by atoms with Crippen LogP contribution in [0.15, 0.2) is 54.1 Å². The van der Waals surface area contributed by atoms with Crippen LogP contribution in [0.2, 0.25) is 0 Å². The van der Waals surface area contributed by atoms with Gasteiger partial charge in [0.05, 0.1) is 13.2 Å². The minimum Gasteiger partial charge on any atom is -0.394 e. The molecule has 2 N–H and O–H groups in total. The third-order valence-electron chi connectivity index (χ3n) is 4.56. The summed E-state index contributed by atoms with van der Waals surface area (Å²) in [7, 11) is 0. The molecule has 0 spiro atoms. The van der Waals surface area contributed by atoms with Crippen molar-refractivity contribution >= 4 is 0 Å². The highest BCUT2D eigenvalue weighted by Gasteiger charge is 2.48. The lowest BCUT2D eigenvalue weighted by molar-refractivity contribution is -0.362. The van der Waals surface area contributed by atoms with E-state index >= 15 is 0 Å². The van der Waals surface area contributed by atoms with Gasteiger partial charge in [0.1, 0.15) is 24.4 Å². The summed E-state index contributed by atoms with van der Waals surface area (Å²) in [4.78, 5) is 0. The lowest BCUT2D eigenvalue weighted by Gasteiger charge is -2.47. The van der Waals surface area contributed by atoms with Crippen molar-refractivity contribution in [1.82, 2.24) is 0 Å². The zero-order chi connectivity index (χ0) is 18.5. The fraction of sp³-hybridized carbons (Fsp3) is 0.500. The maximum Gasteiger partial charge on any atom is 0.184 e. The molecule has 2 aliphatic heterocycles. The third-order valence-corrected chi connectivity index (χ3v) is 4.56. The Morgan fingerprint density at radius 3 is 2.62 bits per heavy atom. The number of aliphatic hydroxyl groups is 2. The van der Waals surface area contributed by atoms with E-state index in [0.717, 1.165) is 11.1 Å². The summed E-state index contributed by atoms with van der Waals surface area (Å²) in [6.45, 7) is 3.69. The van der Waals surface area contributed by atoms with Gasteiger partial charge in [0.2, 0.25) is 0 Å². The Morgan fingerprint density at radius 1 is 1.19 bits per heavy atom. The summed E-state index contributed by atoms with van der Waals surface area (Å²) >= 11 is 0. The van der Waals surface area contributed by atoms with E-state index in [1.54, 1.807) is 0 Å². The van der Waals surface area contributed by atoms with Gasteiger partial charge < -0.3 is 29.2 Å². The molecular weight excluding hydrogens is 336 g/mol. The zero-order valence-corrected chi connectivity index (χ0v) is 15.0. The monoisotopic (exact) mass is 362 g/mol. The van der Waals surface area contributed by atoms with E-state index in [-0.39, 0.29) is 0 Å². The molecule has 6 nitrogen and oxygen atoms in total. The van der Waals surface area contributed by atoms with Gasteiger partial charge in [0, 0.05) is 11.1 Å². The van der Waals surface area contributed by atoms with Crippen LogP contribution in [-0.4, -0.2) is 54.1 Å². The highest BCUT2D eigenvalue weighted by molar-refractivity contribution is 5.21. The van der Waals surface area contributed by atoms with Crippen molar-refractivity contribution in [3.63, 3.8) is 0 Å². The summed E-state index contributed by atoms with van der Waals surface area (Å²) in [6, 6.07) is 9.57. The first-order valence-corrected chi connectivity index (χ1v) is 8.88. The molecule has 2 saturated heterocycles. The first-order chi connectivity index (χ1) is 12.7. The van der Waals surface area contributed by atoms with Crippen LogP contribution in [0.4, 0.5) is 0 Å². The van der Waals surface area contributed by atoms with Gasteiger partial charge in [0.25, 0.3) is 0 Å². The van der Waals surface area contributed by atoms with Gasteiger partial charge in [-0.15, -0.1) is 0 Å². The molecule has 3 rings (SSSR count). The average Bonchev–Trinajstić information content (AvgIpc) is 2.70. The van der Waals surface area contributed by atoms with Gasteiger partial charge in [-0.3, -0.25) is 0 Å². The molecule has 26 heavy (non-hydrogen) atoms. The topological polar surface area (TPSA) is 77.4 Å². The number of aliphatic hydroxyl groups excluding tert-OH is 2. The molecule has 1 aromatic carbocycles. The van der Waals surface area contributed by atoms with Crippen LogP contribution in [0, 0.1) is 0 Å². The quantitative estimate of drug-likeness (QED) is 0.781. The Bertz CT molecular complexity index is 628. The molecular formula is C20H26O6. The first-order valence-electron chi connectivity index (χ1n) is 8.88. The summed E-state index contributed by atoms with van der Waals surface area (Å²) in [6.07, 6.45) is 1.72. The maximum absolute atomic E-state index is 10.3. The normalized spacial score (nSPS) is 33.8. The molecule has 1 aromatic rings. The van der Waals surface area contributed by atoms with Crippen molar-refractivity contribution in [2.75, 3.05) is 13.2 Å². The van der Waals surface area contributed by atoms with Gasteiger partial charge in [-0.05, 0) is 13.8 Å². The molecule has 0 aliphatic carbocycles. The fourth-order valence-electron chi connectivity index (χ4n) is 3.22. The Labute approximate surface area is 153 Å². The van der Waals surface area contributed by atoms with E-state index < -0.39 is 43.6 Å². The first kappa shape index (κ1) is 19.2. The largest absolute Gasteiger partial charge is 0.394 e. The van der Waals surface area contributed by atoms with Crippen molar-refractivity contribution in [1.29, 1.82) is 0 Å². The molecule has 6 atom stereocenters. The van der Waals surface area contributed by atoms with E-state index in [0.29, 0.717) is 6.61 Å². The highest BCUT2D eigenvalue weighted by Crippen LogP contribution is 2.36. The minimum absolute atomic E-state index is 0.311. The molecule has 6 unspecified atom stereocenters. The molecule has 0 bridgehead atoms. The van der Waals surface area contributed by atoms with Gasteiger partial charge in [-0.2, -0.15) is 0 Å². The predicted octanol–water partition coefficient (Wildman–Crippen LogP) is 2.09. The molecule has 2 fully saturated rings. The minimum atomic E-state index is -1.08. The van der Waals surface area contributed by atoms with Crippen LogP contribution in [-0.2, 0) is 18.9 Å². The number of fused-ring (bicyclic) bond motifs is 1. The Morgan fingerprint density at radius 2 is 1.96 bits per heavy atom. The van der Waals surface area contributed by atoms with Crippen molar-refractivity contribution < 1.29 is 29.2 Å². The molecule has 0 amide bonds. The third kappa shape index (κ3) is 4.06. The molecule has 2 aliphatic rings. The van der Waals surface area contributed by atoms with Crippen molar-refractivity contribution in [3.05, 3.63) is 59.7 Å². The van der Waals surface area contributed by atoms with E-state index in [1.807, 2.05) is 62.4 Å². The number of hydrogen-bond acceptors (Lipinski definition) is 6.